The third-order valence-corrected chi connectivity index (χ3v) is 9.19. The van der Waals surface area contributed by atoms with Crippen LogP contribution in [0.15, 0.2) is 129 Å². The van der Waals surface area contributed by atoms with Crippen molar-refractivity contribution in [2.24, 2.45) is 4.99 Å². The van der Waals surface area contributed by atoms with Gasteiger partial charge in [0.2, 0.25) is 0 Å². The van der Waals surface area contributed by atoms with Crippen molar-refractivity contribution in [1.29, 1.82) is 0 Å². The van der Waals surface area contributed by atoms with E-state index >= 15 is 0 Å². The van der Waals surface area contributed by atoms with E-state index in [9.17, 15) is 9.59 Å². The summed E-state index contributed by atoms with van der Waals surface area (Å²) in [6.45, 7) is 6.51. The Morgan fingerprint density at radius 3 is 2.38 bits per heavy atom. The minimum Gasteiger partial charge on any atom is -0.488 e. The van der Waals surface area contributed by atoms with Crippen LogP contribution in [-0.4, -0.2) is 10.5 Å². The Bertz CT molecular complexity index is 2070. The van der Waals surface area contributed by atoms with Crippen LogP contribution in [0.3, 0.4) is 0 Å². The van der Waals surface area contributed by atoms with Crippen LogP contribution in [0, 0.1) is 0 Å². The molecule has 1 aromatic heterocycles. The molecule has 0 radical (unpaired) electrons. The van der Waals surface area contributed by atoms with Crippen molar-refractivity contribution < 1.29 is 9.53 Å². The minimum atomic E-state index is -0.648. The van der Waals surface area contributed by atoms with E-state index in [-0.39, 0.29) is 11.5 Å². The summed E-state index contributed by atoms with van der Waals surface area (Å²) in [5, 5.41) is 3.01. The maximum atomic E-state index is 14.3. The SMILES string of the molecule is CC1=C(C(=O)Nc2ccccc2)[C@@H](c2ccc(C(C)C)cc2)n2c(s/c(=C\c3cc(Br)ccc3OCc3ccccc3)c2=O)=N1. The van der Waals surface area contributed by atoms with Crippen molar-refractivity contribution in [3.63, 3.8) is 0 Å². The second kappa shape index (κ2) is 13.2. The molecule has 1 N–H and O–H groups in total. The zero-order chi connectivity index (χ0) is 31.5. The molecule has 1 atom stereocenters. The Hall–Kier alpha value is -4.53. The number of hydrogen-bond acceptors (Lipinski definition) is 5. The molecular formula is C37H32BrN3O3S. The lowest BCUT2D eigenvalue weighted by Crippen LogP contribution is -2.40. The first-order chi connectivity index (χ1) is 21.8. The molecule has 0 fully saturated rings. The average Bonchev–Trinajstić information content (AvgIpc) is 3.34. The third-order valence-electron chi connectivity index (χ3n) is 7.71. The van der Waals surface area contributed by atoms with Gasteiger partial charge in [-0.3, -0.25) is 14.2 Å². The van der Waals surface area contributed by atoms with Gasteiger partial charge in [0, 0.05) is 15.7 Å². The van der Waals surface area contributed by atoms with Crippen LogP contribution in [0.5, 0.6) is 5.75 Å². The van der Waals surface area contributed by atoms with E-state index in [4.69, 9.17) is 9.73 Å². The van der Waals surface area contributed by atoms with Gasteiger partial charge in [-0.2, -0.15) is 0 Å². The first kappa shape index (κ1) is 30.5. The van der Waals surface area contributed by atoms with Crippen molar-refractivity contribution in [2.45, 2.75) is 39.3 Å². The number of benzene rings is 4. The molecule has 0 bridgehead atoms. The highest BCUT2D eigenvalue weighted by Crippen LogP contribution is 2.32. The molecule has 0 unspecified atom stereocenters. The molecule has 0 spiro atoms. The van der Waals surface area contributed by atoms with Crippen molar-refractivity contribution in [2.75, 3.05) is 5.32 Å². The summed E-state index contributed by atoms with van der Waals surface area (Å²) < 4.78 is 9.21. The molecule has 0 saturated heterocycles. The molecular weight excluding hydrogens is 646 g/mol. The quantitative estimate of drug-likeness (QED) is 0.187. The fraction of sp³-hybridized carbons (Fsp3) is 0.162. The van der Waals surface area contributed by atoms with Crippen molar-refractivity contribution >= 4 is 44.9 Å². The molecule has 1 aliphatic rings. The molecule has 5 aromatic rings. The first-order valence-corrected chi connectivity index (χ1v) is 16.3. The summed E-state index contributed by atoms with van der Waals surface area (Å²) in [5.41, 5.74) is 5.30. The summed E-state index contributed by atoms with van der Waals surface area (Å²) >= 11 is 4.88. The van der Waals surface area contributed by atoms with Crippen molar-refractivity contribution in [1.82, 2.24) is 4.57 Å². The number of rotatable bonds is 8. The van der Waals surface area contributed by atoms with E-state index in [0.29, 0.717) is 44.6 Å². The van der Waals surface area contributed by atoms with Gasteiger partial charge in [0.25, 0.3) is 11.5 Å². The number of thiazole rings is 1. The van der Waals surface area contributed by atoms with E-state index in [0.717, 1.165) is 21.2 Å². The number of aromatic nitrogens is 1. The number of anilines is 1. The smallest absolute Gasteiger partial charge is 0.271 e. The van der Waals surface area contributed by atoms with E-state index in [1.54, 1.807) is 4.57 Å². The van der Waals surface area contributed by atoms with Gasteiger partial charge in [-0.1, -0.05) is 114 Å². The Balaban J connectivity index is 1.45. The lowest BCUT2D eigenvalue weighted by molar-refractivity contribution is -0.113. The topological polar surface area (TPSA) is 72.7 Å². The van der Waals surface area contributed by atoms with Gasteiger partial charge in [-0.15, -0.1) is 0 Å². The molecule has 6 nitrogen and oxygen atoms in total. The highest BCUT2D eigenvalue weighted by atomic mass is 79.9. The number of nitrogens with zero attached hydrogens (tertiary/aromatic N) is 2. The van der Waals surface area contributed by atoms with Crippen LogP contribution in [0.25, 0.3) is 6.08 Å². The number of para-hydroxylation sites is 1. The van der Waals surface area contributed by atoms with E-state index in [2.05, 4.69) is 47.2 Å². The van der Waals surface area contributed by atoms with Crippen LogP contribution in [0.4, 0.5) is 5.69 Å². The number of carbonyl (C=O) groups excluding carboxylic acids is 1. The summed E-state index contributed by atoms with van der Waals surface area (Å²) in [5.74, 6) is 0.716. The molecule has 1 amide bonds. The van der Waals surface area contributed by atoms with Gasteiger partial charge in [0.15, 0.2) is 4.80 Å². The minimum absolute atomic E-state index is 0.219. The van der Waals surface area contributed by atoms with Gasteiger partial charge in [0.05, 0.1) is 21.8 Å². The standard InChI is InChI=1S/C37H32BrN3O3S/c1-23(2)26-14-16-27(17-15-26)34-33(35(42)40-30-12-8-5-9-13-30)24(3)39-37-41(34)36(43)32(45-37)21-28-20-29(38)18-19-31(28)44-22-25-10-6-4-7-11-25/h4-21,23,34H,22H2,1-3H3,(H,40,42)/b32-21-/t34-/m1/s1. The van der Waals surface area contributed by atoms with Crippen LogP contribution in [0.2, 0.25) is 0 Å². The van der Waals surface area contributed by atoms with E-state index < -0.39 is 6.04 Å². The predicted molar refractivity (Wildman–Crippen MR) is 184 cm³/mol. The first-order valence-electron chi connectivity index (χ1n) is 14.7. The molecule has 226 valence electrons. The highest BCUT2D eigenvalue weighted by molar-refractivity contribution is 9.10. The lowest BCUT2D eigenvalue weighted by Gasteiger charge is -2.25. The monoisotopic (exact) mass is 677 g/mol. The summed E-state index contributed by atoms with van der Waals surface area (Å²) in [6, 6.07) is 32.5. The Kier molecular flexibility index (Phi) is 8.96. The Labute approximate surface area is 274 Å². The second-order valence-corrected chi connectivity index (χ2v) is 13.1. The van der Waals surface area contributed by atoms with Gasteiger partial charge < -0.3 is 10.1 Å². The second-order valence-electron chi connectivity index (χ2n) is 11.2. The normalized spacial score (nSPS) is 14.7. The van der Waals surface area contributed by atoms with Crippen LogP contribution in [-0.2, 0) is 11.4 Å². The Morgan fingerprint density at radius 1 is 1.00 bits per heavy atom. The molecule has 4 aromatic carbocycles. The number of allylic oxidation sites excluding steroid dienone is 1. The molecule has 2 heterocycles. The van der Waals surface area contributed by atoms with E-state index in [1.807, 2.05) is 104 Å². The number of carbonyl (C=O) groups is 1. The molecule has 8 heteroatoms. The lowest BCUT2D eigenvalue weighted by atomic mass is 9.93. The average molecular weight is 679 g/mol. The van der Waals surface area contributed by atoms with Crippen LogP contribution >= 0.6 is 27.3 Å². The van der Waals surface area contributed by atoms with Crippen molar-refractivity contribution in [3.8, 4) is 5.75 Å². The summed E-state index contributed by atoms with van der Waals surface area (Å²) in [6.07, 6.45) is 1.84. The molecule has 0 aliphatic carbocycles. The molecule has 0 saturated carbocycles. The van der Waals surface area contributed by atoms with Crippen LogP contribution < -0.4 is 24.9 Å². The number of hydrogen-bond donors (Lipinski definition) is 1. The summed E-state index contributed by atoms with van der Waals surface area (Å²) in [7, 11) is 0. The van der Waals surface area contributed by atoms with Crippen LogP contribution in [0.1, 0.15) is 55.0 Å². The molecule has 6 rings (SSSR count). The highest BCUT2D eigenvalue weighted by Gasteiger charge is 2.32. The largest absolute Gasteiger partial charge is 0.488 e. The zero-order valence-corrected chi connectivity index (χ0v) is 27.6. The number of nitrogens with one attached hydrogen (secondary N) is 1. The number of fused-ring (bicyclic) bond motifs is 1. The van der Waals surface area contributed by atoms with E-state index in [1.165, 1.54) is 16.9 Å². The number of halogens is 1. The van der Waals surface area contributed by atoms with Gasteiger partial charge in [0.1, 0.15) is 12.4 Å². The fourth-order valence-corrected chi connectivity index (χ4v) is 6.77. The molecule has 45 heavy (non-hydrogen) atoms. The third kappa shape index (κ3) is 6.62. The molecule has 1 aliphatic heterocycles. The number of ether oxygens (including phenoxy) is 1. The zero-order valence-electron chi connectivity index (χ0n) is 25.2. The van der Waals surface area contributed by atoms with Gasteiger partial charge in [-0.25, -0.2) is 4.99 Å². The Morgan fingerprint density at radius 2 is 1.69 bits per heavy atom. The predicted octanol–water partition coefficient (Wildman–Crippen LogP) is 7.34. The maximum absolute atomic E-state index is 14.3. The fourth-order valence-electron chi connectivity index (χ4n) is 5.35. The van der Waals surface area contributed by atoms with Gasteiger partial charge >= 0.3 is 0 Å². The van der Waals surface area contributed by atoms with Gasteiger partial charge in [-0.05, 0) is 65.9 Å². The summed E-state index contributed by atoms with van der Waals surface area (Å²) in [4.78, 5) is 33.4. The van der Waals surface area contributed by atoms with Crippen molar-refractivity contribution in [3.05, 3.63) is 161 Å². The maximum Gasteiger partial charge on any atom is 0.271 e. The number of amides is 1.